The molecule has 0 N–H and O–H groups in total. The van der Waals surface area contributed by atoms with Gasteiger partial charge in [0.25, 0.3) is 5.82 Å². The van der Waals surface area contributed by atoms with E-state index in [1.165, 1.54) is 130 Å². The summed E-state index contributed by atoms with van der Waals surface area (Å²) >= 11 is 0. The molecule has 0 saturated carbocycles. The monoisotopic (exact) mass is 1140 g/mol. The van der Waals surface area contributed by atoms with Gasteiger partial charge in [0.2, 0.25) is 5.69 Å². The fourth-order valence-electron chi connectivity index (χ4n) is 13.4. The quantitative estimate of drug-likeness (QED) is 0.123. The van der Waals surface area contributed by atoms with Crippen LogP contribution in [-0.4, -0.2) is 15.0 Å². The molecule has 3 aromatic heterocycles. The van der Waals surface area contributed by atoms with Gasteiger partial charge in [-0.2, -0.15) is 0 Å². The van der Waals surface area contributed by atoms with Crippen LogP contribution in [-0.2, 0) is 0 Å². The zero-order chi connectivity index (χ0) is 60.2. The van der Waals surface area contributed by atoms with Crippen molar-refractivity contribution >= 4 is 114 Å². The Labute approximate surface area is 519 Å². The van der Waals surface area contributed by atoms with E-state index in [0.717, 1.165) is 33.5 Å². The summed E-state index contributed by atoms with van der Waals surface area (Å²) in [6.45, 7) is 21.6. The van der Waals surface area contributed by atoms with Crippen molar-refractivity contribution in [1.29, 1.82) is 0 Å². The van der Waals surface area contributed by atoms with Gasteiger partial charge in [0, 0.05) is 18.6 Å². The molecular formula is C84H48N6. The zero-order valence-corrected chi connectivity index (χ0v) is 48.4. The third-order valence-corrected chi connectivity index (χ3v) is 17.7. The lowest BCUT2D eigenvalue weighted by Crippen LogP contribution is -1.87. The van der Waals surface area contributed by atoms with E-state index in [0.29, 0.717) is 17.2 Å². The second-order valence-corrected chi connectivity index (χ2v) is 22.7. The molecule has 90 heavy (non-hydrogen) atoms. The Morgan fingerprint density at radius 3 is 1.03 bits per heavy atom. The van der Waals surface area contributed by atoms with Gasteiger partial charge in [0.15, 0.2) is 5.69 Å². The van der Waals surface area contributed by atoms with Crippen LogP contribution in [0.5, 0.6) is 0 Å². The van der Waals surface area contributed by atoms with E-state index in [4.69, 9.17) is 19.7 Å². The van der Waals surface area contributed by atoms with E-state index >= 15 is 0 Å². The minimum atomic E-state index is 0.420. The normalized spacial score (nSPS) is 11.3. The first-order valence-electron chi connectivity index (χ1n) is 29.8. The summed E-state index contributed by atoms with van der Waals surface area (Å²) in [5.74, 6) is 0.420. The average molecular weight is 1140 g/mol. The Morgan fingerprint density at radius 2 is 0.611 bits per heavy atom. The average Bonchev–Trinajstić information content (AvgIpc) is 0.776. The third-order valence-electron chi connectivity index (χ3n) is 17.7. The van der Waals surface area contributed by atoms with Gasteiger partial charge in [-0.1, -0.05) is 243 Å². The van der Waals surface area contributed by atoms with E-state index in [1.54, 1.807) is 30.9 Å². The fourth-order valence-corrected chi connectivity index (χ4v) is 13.4. The van der Waals surface area contributed by atoms with Gasteiger partial charge < -0.3 is 4.85 Å². The maximum Gasteiger partial charge on any atom is 0.270 e. The lowest BCUT2D eigenvalue weighted by molar-refractivity contribution is 1.33. The second-order valence-electron chi connectivity index (χ2n) is 22.7. The van der Waals surface area contributed by atoms with Crippen LogP contribution >= 0.6 is 0 Å². The smallest absolute Gasteiger partial charge is 0.270 e. The van der Waals surface area contributed by atoms with Crippen LogP contribution in [0.3, 0.4) is 0 Å². The van der Waals surface area contributed by atoms with E-state index in [-0.39, 0.29) is 0 Å². The molecule has 0 amide bonds. The van der Waals surface area contributed by atoms with Crippen LogP contribution in [0.15, 0.2) is 292 Å². The van der Waals surface area contributed by atoms with Crippen molar-refractivity contribution in [3.8, 4) is 66.9 Å². The Balaban J connectivity index is 0.000000108. The van der Waals surface area contributed by atoms with Crippen LogP contribution < -0.4 is 0 Å². The lowest BCUT2D eigenvalue weighted by Gasteiger charge is -2.14. The molecule has 6 nitrogen and oxygen atoms in total. The number of aromatic nitrogens is 3. The summed E-state index contributed by atoms with van der Waals surface area (Å²) in [5.41, 5.74) is 14.4. The highest BCUT2D eigenvalue weighted by Gasteiger charge is 2.16. The molecule has 0 saturated heterocycles. The Morgan fingerprint density at radius 1 is 0.244 bits per heavy atom. The number of benzene rings is 15. The van der Waals surface area contributed by atoms with Crippen LogP contribution in [0, 0.1) is 19.7 Å². The minimum Gasteiger partial charge on any atom is -0.361 e. The minimum absolute atomic E-state index is 0.420. The van der Waals surface area contributed by atoms with E-state index in [1.807, 2.05) is 24.3 Å². The van der Waals surface area contributed by atoms with Gasteiger partial charge in [-0.25, -0.2) is 9.69 Å². The predicted octanol–water partition coefficient (Wildman–Crippen LogP) is 23.6. The molecule has 0 aliphatic carbocycles. The first kappa shape index (κ1) is 52.9. The van der Waals surface area contributed by atoms with Gasteiger partial charge in [-0.3, -0.25) is 9.97 Å². The van der Waals surface area contributed by atoms with Crippen LogP contribution in [0.1, 0.15) is 0 Å². The predicted molar refractivity (Wildman–Crippen MR) is 375 cm³/mol. The number of rotatable bonds is 6. The highest BCUT2D eigenvalue weighted by atomic mass is 14.8. The highest BCUT2D eigenvalue weighted by molar-refractivity contribution is 6.28. The lowest BCUT2D eigenvalue weighted by atomic mass is 9.89. The van der Waals surface area contributed by atoms with Gasteiger partial charge in [0.05, 0.1) is 18.8 Å². The van der Waals surface area contributed by atoms with E-state index in [2.05, 4.69) is 266 Å². The Bertz CT molecular complexity index is 5300. The molecule has 414 valence electrons. The second kappa shape index (κ2) is 22.0. The molecule has 3 heterocycles. The molecule has 0 fully saturated rings. The molecule has 0 aliphatic heterocycles. The van der Waals surface area contributed by atoms with Crippen molar-refractivity contribution in [2.24, 2.45) is 0 Å². The summed E-state index contributed by atoms with van der Waals surface area (Å²) in [7, 11) is 0. The maximum absolute atomic E-state index is 7.21. The molecule has 0 spiro atoms. The number of hydrogen-bond acceptors (Lipinski definition) is 3. The zero-order valence-electron chi connectivity index (χ0n) is 48.4. The fraction of sp³-hybridized carbons (Fsp3) is 0. The van der Waals surface area contributed by atoms with Gasteiger partial charge in [0.1, 0.15) is 6.20 Å². The van der Waals surface area contributed by atoms with E-state index in [9.17, 15) is 0 Å². The van der Waals surface area contributed by atoms with Crippen LogP contribution in [0.4, 0.5) is 17.2 Å². The summed E-state index contributed by atoms with van der Waals surface area (Å²) in [6, 6.07) is 94.3. The summed E-state index contributed by atoms with van der Waals surface area (Å²) in [5, 5.41) is 23.4. The summed E-state index contributed by atoms with van der Waals surface area (Å²) < 4.78 is 0. The molecule has 18 aromatic rings. The number of nitrogens with zero attached hydrogens (tertiary/aromatic N) is 6. The largest absolute Gasteiger partial charge is 0.361 e. The number of hydrogen-bond donors (Lipinski definition) is 0. The Kier molecular flexibility index (Phi) is 12.9. The van der Waals surface area contributed by atoms with Gasteiger partial charge in [-0.05, 0) is 188 Å². The standard InChI is InChI=1S/3C28H16N2/c1-29-24-15-23(16-30-17-24)18-5-7-19(8-6-18)25-13-11-22-10-9-20-3-2-4-21-12-14-26(25)28(22)27(20)21;1-29-23-15-16-30-26(17-23)19-7-5-18(6-8-19)24-13-11-22-10-9-20-3-2-4-21-12-14-25(24)28(22)27(20)21;1-29-26-17-23(15-16-30-26)18-5-7-19(8-6-18)24-13-11-22-10-9-20-3-2-4-21-12-14-25(24)28(22)27(20)21/h3*2-17H. The van der Waals surface area contributed by atoms with Crippen molar-refractivity contribution in [2.75, 3.05) is 0 Å². The third kappa shape index (κ3) is 9.23. The summed E-state index contributed by atoms with van der Waals surface area (Å²) in [6.07, 6.45) is 6.78. The molecule has 0 unspecified atom stereocenters. The number of pyridine rings is 3. The molecule has 0 atom stereocenters. The SMILES string of the molecule is [C-]#[N+]c1cc(-c2ccc(-c3ccc4ccc5cccc6ccc3c4c56)cc2)ccn1.[C-]#[N+]c1ccnc(-c2ccc(-c3ccc4ccc5cccc6ccc3c4c56)cc2)c1.[C-]#[N+]c1cncc(-c2ccc(-c3ccc4ccc5cccc6ccc3c4c56)cc2)c1. The van der Waals surface area contributed by atoms with Crippen molar-refractivity contribution in [2.45, 2.75) is 0 Å². The van der Waals surface area contributed by atoms with Crippen molar-refractivity contribution in [1.82, 2.24) is 15.0 Å². The molecule has 18 rings (SSSR count). The van der Waals surface area contributed by atoms with Crippen LogP contribution in [0.25, 0.3) is 178 Å². The van der Waals surface area contributed by atoms with Crippen LogP contribution in [0.2, 0.25) is 0 Å². The molecule has 0 bridgehead atoms. The molecular weight excluding hydrogens is 1090 g/mol. The first-order valence-corrected chi connectivity index (χ1v) is 29.8. The molecule has 0 radical (unpaired) electrons. The molecule has 0 aliphatic rings. The van der Waals surface area contributed by atoms with Crippen molar-refractivity contribution in [3.63, 3.8) is 0 Å². The van der Waals surface area contributed by atoms with E-state index < -0.39 is 0 Å². The van der Waals surface area contributed by atoms with Crippen molar-refractivity contribution < 1.29 is 0 Å². The van der Waals surface area contributed by atoms with Gasteiger partial charge >= 0.3 is 0 Å². The summed E-state index contributed by atoms with van der Waals surface area (Å²) in [4.78, 5) is 23.1. The van der Waals surface area contributed by atoms with Gasteiger partial charge in [-0.15, -0.1) is 4.98 Å². The molecule has 6 heteroatoms. The topological polar surface area (TPSA) is 51.8 Å². The maximum atomic E-state index is 7.21. The first-order chi connectivity index (χ1) is 44.4. The Hall–Kier alpha value is -12.7. The highest BCUT2D eigenvalue weighted by Crippen LogP contribution is 2.43. The molecule has 15 aromatic carbocycles. The van der Waals surface area contributed by atoms with Crippen molar-refractivity contribution in [3.05, 3.63) is 326 Å².